The van der Waals surface area contributed by atoms with Gasteiger partial charge in [0.1, 0.15) is 6.04 Å². The van der Waals surface area contributed by atoms with Crippen molar-refractivity contribution >= 4 is 17.8 Å². The molecule has 0 radical (unpaired) electrons. The zero-order chi connectivity index (χ0) is 26.2. The van der Waals surface area contributed by atoms with Crippen molar-refractivity contribution in [2.45, 2.75) is 71.2 Å². The molecule has 0 fully saturated rings. The van der Waals surface area contributed by atoms with E-state index in [2.05, 4.69) is 10.6 Å². The SMILES string of the molecule is CN[C@H](C(=O)N[C@H](C(=O)N(C)[C@H](C=C(C)C(=O)O)C(C)C)C(C)OC)C(C)(C)c1ccccc1. The molecule has 2 amide bonds. The number of nitrogens with zero attached hydrogens (tertiary/aromatic N) is 1. The number of likely N-dealkylation sites (N-methyl/N-ethyl adjacent to an activating group) is 2. The minimum absolute atomic E-state index is 0.0421. The number of aliphatic carboxylic acids is 1. The monoisotopic (exact) mass is 475 g/mol. The molecule has 1 rings (SSSR count). The molecule has 0 saturated carbocycles. The molecule has 0 aliphatic carbocycles. The Morgan fingerprint density at radius 3 is 2.12 bits per heavy atom. The van der Waals surface area contributed by atoms with Crippen molar-refractivity contribution in [2.75, 3.05) is 21.2 Å². The van der Waals surface area contributed by atoms with Crippen LogP contribution in [0.4, 0.5) is 0 Å². The second kappa shape index (κ2) is 12.7. The van der Waals surface area contributed by atoms with Crippen LogP contribution >= 0.6 is 0 Å². The van der Waals surface area contributed by atoms with E-state index in [9.17, 15) is 19.5 Å². The van der Waals surface area contributed by atoms with Gasteiger partial charge in [0.05, 0.1) is 18.2 Å². The first-order valence-electron chi connectivity index (χ1n) is 11.5. The molecule has 190 valence electrons. The van der Waals surface area contributed by atoms with Crippen LogP contribution in [0.2, 0.25) is 0 Å². The Hall–Kier alpha value is -2.71. The van der Waals surface area contributed by atoms with Gasteiger partial charge in [0.25, 0.3) is 0 Å². The van der Waals surface area contributed by atoms with E-state index in [-0.39, 0.29) is 23.3 Å². The Labute approximate surface area is 203 Å². The van der Waals surface area contributed by atoms with Crippen LogP contribution in [0.1, 0.15) is 47.1 Å². The molecule has 0 aromatic heterocycles. The maximum atomic E-state index is 13.5. The summed E-state index contributed by atoms with van der Waals surface area (Å²) < 4.78 is 5.44. The second-order valence-corrected chi connectivity index (χ2v) is 9.58. The predicted molar refractivity (Wildman–Crippen MR) is 134 cm³/mol. The van der Waals surface area contributed by atoms with E-state index in [4.69, 9.17) is 4.74 Å². The summed E-state index contributed by atoms with van der Waals surface area (Å²) in [5, 5.41) is 15.3. The van der Waals surface area contributed by atoms with Gasteiger partial charge < -0.3 is 25.4 Å². The first-order chi connectivity index (χ1) is 15.8. The first kappa shape index (κ1) is 29.3. The van der Waals surface area contributed by atoms with Gasteiger partial charge in [0, 0.05) is 25.1 Å². The third kappa shape index (κ3) is 7.14. The average molecular weight is 476 g/mol. The Kier molecular flexibility index (Phi) is 10.9. The molecular weight excluding hydrogens is 434 g/mol. The normalized spacial score (nSPS) is 15.9. The number of carboxylic acid groups (broad SMARTS) is 1. The highest BCUT2D eigenvalue weighted by atomic mass is 16.5. The summed E-state index contributed by atoms with van der Waals surface area (Å²) in [5.41, 5.74) is 0.578. The molecule has 4 atom stereocenters. The number of nitrogens with one attached hydrogen (secondary N) is 2. The van der Waals surface area contributed by atoms with E-state index in [1.807, 2.05) is 58.0 Å². The van der Waals surface area contributed by atoms with Gasteiger partial charge in [-0.05, 0) is 32.4 Å². The molecule has 0 aliphatic heterocycles. The molecule has 0 spiro atoms. The van der Waals surface area contributed by atoms with Gasteiger partial charge in [0.15, 0.2) is 0 Å². The quantitative estimate of drug-likeness (QED) is 0.401. The number of ether oxygens (including phenoxy) is 1. The topological polar surface area (TPSA) is 108 Å². The van der Waals surface area contributed by atoms with E-state index >= 15 is 0 Å². The fourth-order valence-corrected chi connectivity index (χ4v) is 4.05. The lowest BCUT2D eigenvalue weighted by Crippen LogP contribution is -2.61. The highest BCUT2D eigenvalue weighted by molar-refractivity contribution is 5.91. The summed E-state index contributed by atoms with van der Waals surface area (Å²) in [7, 11) is 4.81. The van der Waals surface area contributed by atoms with E-state index < -0.39 is 35.6 Å². The standard InChI is InChI=1S/C26H41N3O5/c1-16(2)20(15-17(3)25(32)33)29(8)24(31)21(18(4)34-9)28-23(30)22(27-7)26(5,6)19-13-11-10-12-14-19/h10-16,18,20-22,27H,1-9H3,(H,28,30)(H,32,33)/t18?,20-,21+,22-/m1/s1. The molecule has 34 heavy (non-hydrogen) atoms. The lowest BCUT2D eigenvalue weighted by molar-refractivity contribution is -0.141. The molecule has 1 aromatic rings. The van der Waals surface area contributed by atoms with Crippen molar-refractivity contribution in [3.05, 3.63) is 47.5 Å². The maximum absolute atomic E-state index is 13.5. The molecule has 1 unspecified atom stereocenters. The lowest BCUT2D eigenvalue weighted by Gasteiger charge is -2.37. The van der Waals surface area contributed by atoms with E-state index in [0.717, 1.165) is 5.56 Å². The number of rotatable bonds is 12. The zero-order valence-electron chi connectivity index (χ0n) is 21.9. The number of amides is 2. The number of methoxy groups -OCH3 is 1. The van der Waals surface area contributed by atoms with Crippen molar-refractivity contribution in [3.63, 3.8) is 0 Å². The van der Waals surface area contributed by atoms with Crippen molar-refractivity contribution in [3.8, 4) is 0 Å². The van der Waals surface area contributed by atoms with Crippen LogP contribution in [0.25, 0.3) is 0 Å². The molecule has 0 aliphatic rings. The molecule has 3 N–H and O–H groups in total. The van der Waals surface area contributed by atoms with Gasteiger partial charge in [-0.2, -0.15) is 0 Å². The summed E-state index contributed by atoms with van der Waals surface area (Å²) in [5.74, 6) is -1.77. The Bertz CT molecular complexity index is 866. The van der Waals surface area contributed by atoms with Gasteiger partial charge in [-0.25, -0.2) is 4.79 Å². The van der Waals surface area contributed by atoms with Crippen molar-refractivity contribution < 1.29 is 24.2 Å². The number of hydrogen-bond donors (Lipinski definition) is 3. The zero-order valence-corrected chi connectivity index (χ0v) is 21.9. The van der Waals surface area contributed by atoms with Crippen LogP contribution in [-0.2, 0) is 24.5 Å². The van der Waals surface area contributed by atoms with Gasteiger partial charge in [-0.15, -0.1) is 0 Å². The molecule has 0 saturated heterocycles. The van der Waals surface area contributed by atoms with Crippen LogP contribution < -0.4 is 10.6 Å². The molecule has 0 heterocycles. The number of carboxylic acids is 1. The van der Waals surface area contributed by atoms with Crippen LogP contribution in [0, 0.1) is 5.92 Å². The van der Waals surface area contributed by atoms with Gasteiger partial charge in [0.2, 0.25) is 11.8 Å². The molecule has 0 bridgehead atoms. The van der Waals surface area contributed by atoms with Crippen LogP contribution in [0.5, 0.6) is 0 Å². The Morgan fingerprint density at radius 2 is 1.68 bits per heavy atom. The van der Waals surface area contributed by atoms with Crippen LogP contribution in [-0.4, -0.2) is 73.2 Å². The summed E-state index contributed by atoms with van der Waals surface area (Å²) in [6.45, 7) is 11.0. The van der Waals surface area contributed by atoms with Gasteiger partial charge in [-0.1, -0.05) is 64.1 Å². The molecular formula is C26H41N3O5. The molecule has 8 nitrogen and oxygen atoms in total. The third-order valence-corrected chi connectivity index (χ3v) is 6.43. The summed E-state index contributed by atoms with van der Waals surface area (Å²) in [4.78, 5) is 39.8. The first-order valence-corrected chi connectivity index (χ1v) is 11.5. The number of benzene rings is 1. The predicted octanol–water partition coefficient (Wildman–Crippen LogP) is 2.59. The largest absolute Gasteiger partial charge is 0.478 e. The number of carbonyl (C=O) groups is 3. The Balaban J connectivity index is 3.25. The maximum Gasteiger partial charge on any atom is 0.331 e. The average Bonchev–Trinajstić information content (AvgIpc) is 2.79. The summed E-state index contributed by atoms with van der Waals surface area (Å²) in [6, 6.07) is 7.67. The van der Waals surface area contributed by atoms with E-state index in [1.165, 1.54) is 18.9 Å². The third-order valence-electron chi connectivity index (χ3n) is 6.43. The van der Waals surface area contributed by atoms with Crippen LogP contribution in [0.15, 0.2) is 42.0 Å². The van der Waals surface area contributed by atoms with Gasteiger partial charge >= 0.3 is 5.97 Å². The minimum atomic E-state index is -1.04. The van der Waals surface area contributed by atoms with Crippen molar-refractivity contribution in [2.24, 2.45) is 5.92 Å². The van der Waals surface area contributed by atoms with Crippen molar-refractivity contribution in [1.29, 1.82) is 0 Å². The number of hydrogen-bond acceptors (Lipinski definition) is 5. The summed E-state index contributed by atoms with van der Waals surface area (Å²) >= 11 is 0. The van der Waals surface area contributed by atoms with Crippen molar-refractivity contribution in [1.82, 2.24) is 15.5 Å². The minimum Gasteiger partial charge on any atom is -0.478 e. The highest BCUT2D eigenvalue weighted by Crippen LogP contribution is 2.27. The van der Waals surface area contributed by atoms with E-state index in [1.54, 1.807) is 27.1 Å². The van der Waals surface area contributed by atoms with Gasteiger partial charge in [-0.3, -0.25) is 9.59 Å². The Morgan fingerprint density at radius 1 is 1.12 bits per heavy atom. The lowest BCUT2D eigenvalue weighted by atomic mass is 9.77. The molecule has 1 aromatic carbocycles. The van der Waals surface area contributed by atoms with Crippen LogP contribution in [0.3, 0.4) is 0 Å². The highest BCUT2D eigenvalue weighted by Gasteiger charge is 2.39. The smallest absolute Gasteiger partial charge is 0.331 e. The fraction of sp³-hybridized carbons (Fsp3) is 0.577. The fourth-order valence-electron chi connectivity index (χ4n) is 4.05. The summed E-state index contributed by atoms with van der Waals surface area (Å²) in [6.07, 6.45) is 0.963. The van der Waals surface area contributed by atoms with E-state index in [0.29, 0.717) is 0 Å². The number of carbonyl (C=O) groups excluding carboxylic acids is 2. The molecule has 8 heteroatoms. The second-order valence-electron chi connectivity index (χ2n) is 9.58.